The van der Waals surface area contributed by atoms with E-state index >= 15 is 0 Å². The van der Waals surface area contributed by atoms with Crippen LogP contribution in [0.5, 0.6) is 5.75 Å². The van der Waals surface area contributed by atoms with Crippen molar-refractivity contribution in [3.8, 4) is 5.75 Å². The molecule has 0 spiro atoms. The topological polar surface area (TPSA) is 9.23 Å². The lowest BCUT2D eigenvalue weighted by Gasteiger charge is -2.08. The highest BCUT2D eigenvalue weighted by molar-refractivity contribution is 5.49. The molecule has 0 aliphatic rings. The lowest BCUT2D eigenvalue weighted by atomic mass is 10.2. The number of benzene rings is 1. The third-order valence-electron chi connectivity index (χ3n) is 1.52. The van der Waals surface area contributed by atoms with Crippen molar-refractivity contribution in [1.29, 1.82) is 0 Å². The summed E-state index contributed by atoms with van der Waals surface area (Å²) in [6.45, 7) is 7.54. The first-order valence-corrected chi connectivity index (χ1v) is 4.35. The van der Waals surface area contributed by atoms with Crippen molar-refractivity contribution in [3.05, 3.63) is 42.1 Å². The molecule has 1 rings (SSSR count). The summed E-state index contributed by atoms with van der Waals surface area (Å²) in [5.74, 6) is 0.899. The van der Waals surface area contributed by atoms with Crippen LogP contribution >= 0.6 is 0 Å². The molecule has 1 aromatic carbocycles. The second-order valence-corrected chi connectivity index (χ2v) is 3.08. The van der Waals surface area contributed by atoms with Gasteiger partial charge in [0, 0.05) is 0 Å². The van der Waals surface area contributed by atoms with Gasteiger partial charge in [-0.3, -0.25) is 0 Å². The van der Waals surface area contributed by atoms with E-state index in [1.807, 2.05) is 44.2 Å². The zero-order chi connectivity index (χ0) is 9.68. The second-order valence-electron chi connectivity index (χ2n) is 3.08. The number of hydrogen-bond donors (Lipinski definition) is 0. The monoisotopic (exact) mass is 174 g/mol. The van der Waals surface area contributed by atoms with Crippen molar-refractivity contribution in [2.45, 2.75) is 20.0 Å². The first-order chi connectivity index (χ1) is 6.22. The minimum absolute atomic E-state index is 0.223. The highest BCUT2D eigenvalue weighted by Gasteiger charge is 1.95. The minimum atomic E-state index is 0.223. The van der Waals surface area contributed by atoms with E-state index in [1.165, 1.54) is 0 Å². The largest absolute Gasteiger partial charge is 0.491 e. The standard InChI is InChI=1S/C12H14O/c1-4-5-11-6-8-12(9-7-11)13-10(2)3/h5-10H,1H2,2-3H3. The molecule has 0 amide bonds. The van der Waals surface area contributed by atoms with E-state index < -0.39 is 0 Å². The van der Waals surface area contributed by atoms with E-state index in [4.69, 9.17) is 4.74 Å². The SMILES string of the molecule is C=C=Cc1ccc(OC(C)C)cc1. The fourth-order valence-corrected chi connectivity index (χ4v) is 1.03. The Bertz CT molecular complexity index is 302. The second kappa shape index (κ2) is 4.54. The zero-order valence-electron chi connectivity index (χ0n) is 8.08. The third-order valence-corrected chi connectivity index (χ3v) is 1.52. The number of ether oxygens (including phenoxy) is 1. The molecule has 0 saturated heterocycles. The zero-order valence-corrected chi connectivity index (χ0v) is 8.08. The first kappa shape index (κ1) is 9.63. The van der Waals surface area contributed by atoms with Gasteiger partial charge >= 0.3 is 0 Å². The van der Waals surface area contributed by atoms with E-state index in [0.717, 1.165) is 11.3 Å². The molecule has 0 unspecified atom stereocenters. The van der Waals surface area contributed by atoms with Gasteiger partial charge in [-0.15, -0.1) is 5.73 Å². The molecule has 1 aromatic rings. The Kier molecular flexibility index (Phi) is 3.36. The molecular formula is C12H14O. The van der Waals surface area contributed by atoms with Crippen LogP contribution in [-0.4, -0.2) is 6.10 Å². The molecule has 0 N–H and O–H groups in total. The Morgan fingerprint density at radius 1 is 1.31 bits per heavy atom. The average molecular weight is 174 g/mol. The van der Waals surface area contributed by atoms with Gasteiger partial charge in [0.25, 0.3) is 0 Å². The van der Waals surface area contributed by atoms with Gasteiger partial charge in [-0.25, -0.2) is 0 Å². The molecule has 0 bridgehead atoms. The Morgan fingerprint density at radius 3 is 2.38 bits per heavy atom. The maximum Gasteiger partial charge on any atom is 0.119 e. The fourth-order valence-electron chi connectivity index (χ4n) is 1.03. The predicted octanol–water partition coefficient (Wildman–Crippen LogP) is 3.27. The highest BCUT2D eigenvalue weighted by atomic mass is 16.5. The predicted molar refractivity (Wildman–Crippen MR) is 55.8 cm³/mol. The van der Waals surface area contributed by atoms with E-state index in [1.54, 1.807) is 0 Å². The third kappa shape index (κ3) is 3.18. The molecule has 68 valence electrons. The van der Waals surface area contributed by atoms with Gasteiger partial charge in [-0.05, 0) is 37.6 Å². The van der Waals surface area contributed by atoms with Crippen LogP contribution in [0, 0.1) is 0 Å². The summed E-state index contributed by atoms with van der Waals surface area (Å²) in [7, 11) is 0. The van der Waals surface area contributed by atoms with Gasteiger partial charge < -0.3 is 4.74 Å². The fraction of sp³-hybridized carbons (Fsp3) is 0.250. The van der Waals surface area contributed by atoms with Crippen LogP contribution in [0.15, 0.2) is 36.6 Å². The molecule has 0 atom stereocenters. The van der Waals surface area contributed by atoms with Gasteiger partial charge in [0.05, 0.1) is 6.10 Å². The van der Waals surface area contributed by atoms with E-state index in [-0.39, 0.29) is 6.10 Å². The van der Waals surface area contributed by atoms with Crippen LogP contribution in [0.25, 0.3) is 6.08 Å². The maximum absolute atomic E-state index is 5.50. The molecule has 1 heteroatoms. The van der Waals surface area contributed by atoms with Crippen molar-refractivity contribution in [2.75, 3.05) is 0 Å². The Hall–Kier alpha value is -1.46. The Balaban J connectivity index is 2.75. The van der Waals surface area contributed by atoms with Gasteiger partial charge in [0.1, 0.15) is 5.75 Å². The van der Waals surface area contributed by atoms with Crippen LogP contribution in [0.2, 0.25) is 0 Å². The molecule has 1 nitrogen and oxygen atoms in total. The van der Waals surface area contributed by atoms with Crippen LogP contribution < -0.4 is 4.74 Å². The number of hydrogen-bond acceptors (Lipinski definition) is 1. The van der Waals surface area contributed by atoms with Crippen molar-refractivity contribution in [3.63, 3.8) is 0 Å². The maximum atomic E-state index is 5.50. The van der Waals surface area contributed by atoms with Gasteiger partial charge in [0.15, 0.2) is 0 Å². The van der Waals surface area contributed by atoms with Crippen molar-refractivity contribution >= 4 is 6.08 Å². The van der Waals surface area contributed by atoms with Crippen molar-refractivity contribution in [2.24, 2.45) is 0 Å². The first-order valence-electron chi connectivity index (χ1n) is 4.35. The van der Waals surface area contributed by atoms with Crippen LogP contribution in [0.4, 0.5) is 0 Å². The quantitative estimate of drug-likeness (QED) is 0.639. The van der Waals surface area contributed by atoms with E-state index in [0.29, 0.717) is 0 Å². The minimum Gasteiger partial charge on any atom is -0.491 e. The van der Waals surface area contributed by atoms with Crippen molar-refractivity contribution in [1.82, 2.24) is 0 Å². The smallest absolute Gasteiger partial charge is 0.119 e. The molecule has 0 radical (unpaired) electrons. The normalized spacial score (nSPS) is 9.46. The molecule has 0 aliphatic heterocycles. The molecule has 13 heavy (non-hydrogen) atoms. The van der Waals surface area contributed by atoms with Crippen LogP contribution in [-0.2, 0) is 0 Å². The lowest BCUT2D eigenvalue weighted by molar-refractivity contribution is 0.242. The van der Waals surface area contributed by atoms with Gasteiger partial charge in [-0.1, -0.05) is 18.7 Å². The van der Waals surface area contributed by atoms with Crippen LogP contribution in [0.1, 0.15) is 19.4 Å². The molecule has 0 heterocycles. The molecule has 0 saturated carbocycles. The number of rotatable bonds is 3. The van der Waals surface area contributed by atoms with Gasteiger partial charge in [-0.2, -0.15) is 0 Å². The van der Waals surface area contributed by atoms with E-state index in [2.05, 4.69) is 12.3 Å². The van der Waals surface area contributed by atoms with Gasteiger partial charge in [0.2, 0.25) is 0 Å². The summed E-state index contributed by atoms with van der Waals surface area (Å²) in [6.07, 6.45) is 2.06. The van der Waals surface area contributed by atoms with Crippen molar-refractivity contribution < 1.29 is 4.74 Å². The summed E-state index contributed by atoms with van der Waals surface area (Å²) in [5, 5.41) is 0. The molecule has 0 fully saturated rings. The summed E-state index contributed by atoms with van der Waals surface area (Å²) in [4.78, 5) is 0. The Labute approximate surface area is 79.4 Å². The molecule has 0 aromatic heterocycles. The summed E-state index contributed by atoms with van der Waals surface area (Å²) in [6, 6.07) is 7.86. The summed E-state index contributed by atoms with van der Waals surface area (Å²) >= 11 is 0. The van der Waals surface area contributed by atoms with Crippen LogP contribution in [0.3, 0.4) is 0 Å². The molecule has 0 aliphatic carbocycles. The summed E-state index contributed by atoms with van der Waals surface area (Å²) < 4.78 is 5.50. The van der Waals surface area contributed by atoms with E-state index in [9.17, 15) is 0 Å². The summed E-state index contributed by atoms with van der Waals surface area (Å²) in [5.41, 5.74) is 3.82. The average Bonchev–Trinajstić information content (AvgIpc) is 2.08. The highest BCUT2D eigenvalue weighted by Crippen LogP contribution is 2.14. The lowest BCUT2D eigenvalue weighted by Crippen LogP contribution is -2.05. The Morgan fingerprint density at radius 2 is 1.92 bits per heavy atom. The molecular weight excluding hydrogens is 160 g/mol.